The predicted molar refractivity (Wildman–Crippen MR) is 95.2 cm³/mol. The van der Waals surface area contributed by atoms with Gasteiger partial charge in [0.05, 0.1) is 17.7 Å². The number of benzene rings is 1. The lowest BCUT2D eigenvalue weighted by Gasteiger charge is -2.10. The number of nitrogens with one attached hydrogen (secondary N) is 2. The fraction of sp³-hybridized carbons (Fsp3) is 0.188. The van der Waals surface area contributed by atoms with E-state index in [2.05, 4.69) is 14.9 Å². The van der Waals surface area contributed by atoms with Crippen LogP contribution in [0, 0.1) is 13.8 Å². The Labute approximate surface area is 144 Å². The van der Waals surface area contributed by atoms with Gasteiger partial charge in [0.1, 0.15) is 15.7 Å². The molecule has 0 bridgehead atoms. The van der Waals surface area contributed by atoms with E-state index in [1.54, 1.807) is 36.4 Å². The largest absolute Gasteiger partial charge is 0.495 e. The average molecular weight is 363 g/mol. The summed E-state index contributed by atoms with van der Waals surface area (Å²) in [5.74, 6) is 0.469. The molecule has 1 aromatic carbocycles. The molecule has 2 heterocycles. The smallest absolute Gasteiger partial charge is 0.271 e. The van der Waals surface area contributed by atoms with Gasteiger partial charge < -0.3 is 4.74 Å². The normalized spacial score (nSPS) is 11.5. The predicted octanol–water partition coefficient (Wildman–Crippen LogP) is 3.56. The number of hydrogen-bond donors (Lipinski definition) is 2. The SMILES string of the molecule is COc1ccccc1NS(=O)(=O)c1ccc(-c2n[nH]c(C)c2C)s1. The highest BCUT2D eigenvalue weighted by atomic mass is 32.2. The zero-order chi connectivity index (χ0) is 17.3. The summed E-state index contributed by atoms with van der Waals surface area (Å²) in [4.78, 5) is 0.803. The topological polar surface area (TPSA) is 84.1 Å². The van der Waals surface area contributed by atoms with Crippen LogP contribution in [0.2, 0.25) is 0 Å². The Bertz CT molecular complexity index is 974. The van der Waals surface area contributed by atoms with E-state index in [0.717, 1.165) is 21.8 Å². The van der Waals surface area contributed by atoms with Crippen LogP contribution in [-0.2, 0) is 10.0 Å². The summed E-state index contributed by atoms with van der Waals surface area (Å²) in [6.45, 7) is 3.88. The van der Waals surface area contributed by atoms with Crippen LogP contribution in [-0.4, -0.2) is 25.7 Å². The Hall–Kier alpha value is -2.32. The molecular weight excluding hydrogens is 346 g/mol. The summed E-state index contributed by atoms with van der Waals surface area (Å²) in [6, 6.07) is 10.2. The summed E-state index contributed by atoms with van der Waals surface area (Å²) < 4.78 is 33.2. The van der Waals surface area contributed by atoms with E-state index in [1.807, 2.05) is 13.8 Å². The zero-order valence-corrected chi connectivity index (χ0v) is 15.1. The Morgan fingerprint density at radius 3 is 2.58 bits per heavy atom. The molecule has 0 saturated heterocycles. The fourth-order valence-electron chi connectivity index (χ4n) is 2.24. The Kier molecular flexibility index (Phi) is 4.33. The molecule has 0 amide bonds. The number of H-pyrrole nitrogens is 1. The van der Waals surface area contributed by atoms with Crippen molar-refractivity contribution in [1.29, 1.82) is 0 Å². The van der Waals surface area contributed by atoms with Crippen molar-refractivity contribution in [3.8, 4) is 16.3 Å². The molecule has 0 aliphatic rings. The van der Waals surface area contributed by atoms with Gasteiger partial charge in [-0.05, 0) is 43.7 Å². The minimum absolute atomic E-state index is 0.225. The lowest BCUT2D eigenvalue weighted by molar-refractivity contribution is 0.417. The molecule has 2 aromatic heterocycles. The summed E-state index contributed by atoms with van der Waals surface area (Å²) in [5, 5.41) is 7.16. The van der Waals surface area contributed by atoms with Crippen molar-refractivity contribution in [3.05, 3.63) is 47.7 Å². The highest BCUT2D eigenvalue weighted by molar-refractivity contribution is 7.94. The first kappa shape index (κ1) is 16.5. The van der Waals surface area contributed by atoms with Crippen LogP contribution in [0.3, 0.4) is 0 Å². The molecule has 6 nitrogen and oxygen atoms in total. The maximum atomic E-state index is 12.6. The molecule has 0 spiro atoms. The maximum Gasteiger partial charge on any atom is 0.271 e. The fourth-order valence-corrected chi connectivity index (χ4v) is 4.66. The molecule has 0 unspecified atom stereocenters. The summed E-state index contributed by atoms with van der Waals surface area (Å²) >= 11 is 1.18. The average Bonchev–Trinajstić information content (AvgIpc) is 3.16. The highest BCUT2D eigenvalue weighted by Crippen LogP contribution is 2.34. The number of aromatic nitrogens is 2. The second-order valence-electron chi connectivity index (χ2n) is 5.25. The first-order valence-corrected chi connectivity index (χ1v) is 9.50. The van der Waals surface area contributed by atoms with Crippen LogP contribution < -0.4 is 9.46 Å². The van der Waals surface area contributed by atoms with E-state index >= 15 is 0 Å². The van der Waals surface area contributed by atoms with E-state index in [-0.39, 0.29) is 4.21 Å². The first-order chi connectivity index (χ1) is 11.4. The number of ether oxygens (including phenoxy) is 1. The summed E-state index contributed by atoms with van der Waals surface area (Å²) in [5.41, 5.74) is 3.16. The number of aryl methyl sites for hydroxylation is 1. The van der Waals surface area contributed by atoms with Gasteiger partial charge in [0, 0.05) is 5.69 Å². The molecule has 2 N–H and O–H groups in total. The molecular formula is C16H17N3O3S2. The molecule has 0 atom stereocenters. The highest BCUT2D eigenvalue weighted by Gasteiger charge is 2.20. The summed E-state index contributed by atoms with van der Waals surface area (Å²) in [6.07, 6.45) is 0. The van der Waals surface area contributed by atoms with Crippen molar-refractivity contribution >= 4 is 27.0 Å². The number of aromatic amines is 1. The number of thiophene rings is 1. The van der Waals surface area contributed by atoms with Crippen molar-refractivity contribution in [3.63, 3.8) is 0 Å². The van der Waals surface area contributed by atoms with E-state index in [9.17, 15) is 8.42 Å². The van der Waals surface area contributed by atoms with E-state index in [1.165, 1.54) is 18.4 Å². The zero-order valence-electron chi connectivity index (χ0n) is 13.5. The minimum atomic E-state index is -3.69. The van der Waals surface area contributed by atoms with Crippen molar-refractivity contribution in [2.24, 2.45) is 0 Å². The molecule has 0 aliphatic heterocycles. The van der Waals surface area contributed by atoms with Gasteiger partial charge in [-0.3, -0.25) is 9.82 Å². The third kappa shape index (κ3) is 3.02. The Morgan fingerprint density at radius 2 is 1.92 bits per heavy atom. The Morgan fingerprint density at radius 1 is 1.17 bits per heavy atom. The minimum Gasteiger partial charge on any atom is -0.495 e. The van der Waals surface area contributed by atoms with Gasteiger partial charge in [-0.2, -0.15) is 5.10 Å². The number of anilines is 1. The monoisotopic (exact) mass is 363 g/mol. The third-order valence-electron chi connectivity index (χ3n) is 3.68. The number of nitrogens with zero attached hydrogens (tertiary/aromatic N) is 1. The number of rotatable bonds is 5. The number of methoxy groups -OCH3 is 1. The van der Waals surface area contributed by atoms with E-state index in [0.29, 0.717) is 11.4 Å². The van der Waals surface area contributed by atoms with Crippen LogP contribution >= 0.6 is 11.3 Å². The second-order valence-corrected chi connectivity index (χ2v) is 8.24. The Balaban J connectivity index is 1.92. The van der Waals surface area contributed by atoms with E-state index < -0.39 is 10.0 Å². The lowest BCUT2D eigenvalue weighted by atomic mass is 10.2. The van der Waals surface area contributed by atoms with Gasteiger partial charge in [-0.1, -0.05) is 12.1 Å². The van der Waals surface area contributed by atoms with Crippen molar-refractivity contribution < 1.29 is 13.2 Å². The van der Waals surface area contributed by atoms with Gasteiger partial charge in [-0.25, -0.2) is 8.42 Å². The number of para-hydroxylation sites is 2. The molecule has 0 fully saturated rings. The van der Waals surface area contributed by atoms with Crippen molar-refractivity contribution in [1.82, 2.24) is 10.2 Å². The molecule has 126 valence electrons. The molecule has 3 aromatic rings. The van der Waals surface area contributed by atoms with Gasteiger partial charge in [0.2, 0.25) is 0 Å². The van der Waals surface area contributed by atoms with Gasteiger partial charge in [0.15, 0.2) is 0 Å². The quantitative estimate of drug-likeness (QED) is 0.726. The lowest BCUT2D eigenvalue weighted by Crippen LogP contribution is -2.12. The molecule has 3 rings (SSSR count). The van der Waals surface area contributed by atoms with Gasteiger partial charge in [-0.15, -0.1) is 11.3 Å². The third-order valence-corrected chi connectivity index (χ3v) is 6.63. The van der Waals surface area contributed by atoms with Gasteiger partial charge >= 0.3 is 0 Å². The molecule has 0 aliphatic carbocycles. The molecule has 8 heteroatoms. The molecule has 0 radical (unpaired) electrons. The van der Waals surface area contributed by atoms with Crippen molar-refractivity contribution in [2.75, 3.05) is 11.8 Å². The van der Waals surface area contributed by atoms with Crippen LogP contribution in [0.1, 0.15) is 11.3 Å². The van der Waals surface area contributed by atoms with Crippen LogP contribution in [0.5, 0.6) is 5.75 Å². The van der Waals surface area contributed by atoms with Gasteiger partial charge in [0.25, 0.3) is 10.0 Å². The standard InChI is InChI=1S/C16H17N3O3S2/c1-10-11(2)17-18-16(10)14-8-9-15(23-14)24(20,21)19-12-6-4-5-7-13(12)22-3/h4-9,19H,1-3H3,(H,17,18). The maximum absolute atomic E-state index is 12.6. The summed E-state index contributed by atoms with van der Waals surface area (Å²) in [7, 11) is -2.19. The van der Waals surface area contributed by atoms with Crippen LogP contribution in [0.15, 0.2) is 40.6 Å². The van der Waals surface area contributed by atoms with Crippen LogP contribution in [0.4, 0.5) is 5.69 Å². The first-order valence-electron chi connectivity index (χ1n) is 7.20. The molecule has 24 heavy (non-hydrogen) atoms. The van der Waals surface area contributed by atoms with Crippen LogP contribution in [0.25, 0.3) is 10.6 Å². The van der Waals surface area contributed by atoms with E-state index in [4.69, 9.17) is 4.74 Å². The van der Waals surface area contributed by atoms with Crippen molar-refractivity contribution in [2.45, 2.75) is 18.1 Å². The number of hydrogen-bond acceptors (Lipinski definition) is 5. The number of sulfonamides is 1. The molecule has 0 saturated carbocycles. The second kappa shape index (κ2) is 6.29.